The van der Waals surface area contributed by atoms with E-state index >= 15 is 0 Å². The number of rotatable bonds is 3. The lowest BCUT2D eigenvalue weighted by Gasteiger charge is -2.29. The first-order chi connectivity index (χ1) is 11.7. The number of thiophene rings is 1. The normalized spacial score (nSPS) is 19.4. The predicted molar refractivity (Wildman–Crippen MR) is 94.6 cm³/mol. The Morgan fingerprint density at radius 2 is 2.12 bits per heavy atom. The molecule has 4 rings (SSSR count). The smallest absolute Gasteiger partial charge is 0.268 e. The van der Waals surface area contributed by atoms with Crippen LogP contribution in [0.5, 0.6) is 0 Å². The van der Waals surface area contributed by atoms with Crippen LogP contribution in [0, 0.1) is 0 Å². The molecule has 2 N–H and O–H groups in total. The fraction of sp³-hybridized carbons (Fsp3) is 0.235. The molecule has 7 heteroatoms. The van der Waals surface area contributed by atoms with Gasteiger partial charge < -0.3 is 5.32 Å². The predicted octanol–water partition coefficient (Wildman–Crippen LogP) is 3.39. The van der Waals surface area contributed by atoms with Gasteiger partial charge in [-0.1, -0.05) is 36.4 Å². The number of fused-ring (bicyclic) bond motifs is 1. The Labute approximate surface area is 143 Å². The Kier molecular flexibility index (Phi) is 3.78. The summed E-state index contributed by atoms with van der Waals surface area (Å²) in [6.45, 7) is 2.12. The zero-order chi connectivity index (χ0) is 16.5. The summed E-state index contributed by atoms with van der Waals surface area (Å²) in [7, 11) is 0. The molecule has 0 fully saturated rings. The molecule has 2 aromatic heterocycles. The van der Waals surface area contributed by atoms with Gasteiger partial charge in [0.25, 0.3) is 11.9 Å². The van der Waals surface area contributed by atoms with Crippen molar-refractivity contribution in [1.82, 2.24) is 14.8 Å². The average Bonchev–Trinajstić information content (AvgIpc) is 3.24. The number of benzene rings is 1. The highest BCUT2D eigenvalue weighted by Gasteiger charge is 2.28. The quantitative estimate of drug-likeness (QED) is 0.767. The third kappa shape index (κ3) is 2.78. The van der Waals surface area contributed by atoms with Crippen LogP contribution in [-0.2, 0) is 0 Å². The van der Waals surface area contributed by atoms with Gasteiger partial charge in [0.2, 0.25) is 5.95 Å². The van der Waals surface area contributed by atoms with E-state index in [-0.39, 0.29) is 18.0 Å². The standard InChI is InChI=1S/C17H17N5OS/c1-11-10-13(12-6-3-2-4-7-12)22-17(18-11)20-16(21-22)19-15(23)14-8-5-9-24-14/h2-9,11,13H,10H2,1H3,(H2,18,19,20,21,23)/t11-,13+/m0/s1. The second kappa shape index (κ2) is 6.09. The van der Waals surface area contributed by atoms with E-state index in [0.29, 0.717) is 16.8 Å². The highest BCUT2D eigenvalue weighted by molar-refractivity contribution is 7.12. The van der Waals surface area contributed by atoms with E-state index in [0.717, 1.165) is 6.42 Å². The fourth-order valence-corrected chi connectivity index (χ4v) is 3.55. The lowest BCUT2D eigenvalue weighted by molar-refractivity contribution is 0.102. The van der Waals surface area contributed by atoms with Gasteiger partial charge in [0.05, 0.1) is 10.9 Å². The Hall–Kier alpha value is -2.67. The van der Waals surface area contributed by atoms with E-state index < -0.39 is 0 Å². The Balaban J connectivity index is 1.63. The van der Waals surface area contributed by atoms with Gasteiger partial charge in [0.15, 0.2) is 0 Å². The van der Waals surface area contributed by atoms with E-state index in [1.807, 2.05) is 34.3 Å². The molecule has 1 amide bonds. The van der Waals surface area contributed by atoms with Crippen LogP contribution in [0.2, 0.25) is 0 Å². The van der Waals surface area contributed by atoms with Crippen molar-refractivity contribution in [1.29, 1.82) is 0 Å². The summed E-state index contributed by atoms with van der Waals surface area (Å²) in [6, 6.07) is 14.3. The van der Waals surface area contributed by atoms with Crippen molar-refractivity contribution in [2.24, 2.45) is 0 Å². The molecule has 2 atom stereocenters. The van der Waals surface area contributed by atoms with Crippen molar-refractivity contribution < 1.29 is 4.79 Å². The molecule has 24 heavy (non-hydrogen) atoms. The van der Waals surface area contributed by atoms with E-state index in [4.69, 9.17) is 0 Å². The Morgan fingerprint density at radius 3 is 2.88 bits per heavy atom. The Bertz CT molecular complexity index is 843. The van der Waals surface area contributed by atoms with Crippen LogP contribution < -0.4 is 10.6 Å². The first-order valence-electron chi connectivity index (χ1n) is 7.83. The van der Waals surface area contributed by atoms with Gasteiger partial charge in [0, 0.05) is 6.04 Å². The molecule has 1 aromatic carbocycles. The highest BCUT2D eigenvalue weighted by Crippen LogP contribution is 2.31. The number of aromatic nitrogens is 3. The molecule has 6 nitrogen and oxygen atoms in total. The number of nitrogens with zero attached hydrogens (tertiary/aromatic N) is 3. The van der Waals surface area contributed by atoms with Crippen LogP contribution in [-0.4, -0.2) is 26.7 Å². The first kappa shape index (κ1) is 14.9. The van der Waals surface area contributed by atoms with Crippen LogP contribution in [0.3, 0.4) is 0 Å². The molecule has 0 unspecified atom stereocenters. The van der Waals surface area contributed by atoms with Gasteiger partial charge in [-0.05, 0) is 30.4 Å². The number of amides is 1. The van der Waals surface area contributed by atoms with Gasteiger partial charge in [-0.25, -0.2) is 4.68 Å². The van der Waals surface area contributed by atoms with Gasteiger partial charge in [-0.15, -0.1) is 16.4 Å². The number of hydrogen-bond donors (Lipinski definition) is 2. The first-order valence-corrected chi connectivity index (χ1v) is 8.71. The van der Waals surface area contributed by atoms with E-state index in [1.54, 1.807) is 6.07 Å². The molecule has 0 saturated heterocycles. The summed E-state index contributed by atoms with van der Waals surface area (Å²) in [5, 5.41) is 12.5. The maximum absolute atomic E-state index is 12.2. The highest BCUT2D eigenvalue weighted by atomic mass is 32.1. The second-order valence-corrected chi connectivity index (χ2v) is 6.79. The largest absolute Gasteiger partial charge is 0.352 e. The Morgan fingerprint density at radius 1 is 1.29 bits per heavy atom. The number of anilines is 2. The number of carbonyl (C=O) groups excluding carboxylic acids is 1. The number of carbonyl (C=O) groups is 1. The molecule has 1 aliphatic rings. The van der Waals surface area contributed by atoms with Crippen molar-refractivity contribution in [2.45, 2.75) is 25.4 Å². The van der Waals surface area contributed by atoms with E-state index in [2.05, 4.69) is 39.8 Å². The fourth-order valence-electron chi connectivity index (χ4n) is 2.93. The number of nitrogens with one attached hydrogen (secondary N) is 2. The van der Waals surface area contributed by atoms with Gasteiger partial charge in [-0.2, -0.15) is 4.98 Å². The summed E-state index contributed by atoms with van der Waals surface area (Å²) in [5.41, 5.74) is 1.19. The molecule has 1 aliphatic heterocycles. The summed E-state index contributed by atoms with van der Waals surface area (Å²) >= 11 is 1.39. The van der Waals surface area contributed by atoms with Gasteiger partial charge in [0.1, 0.15) is 0 Å². The zero-order valence-electron chi connectivity index (χ0n) is 13.1. The van der Waals surface area contributed by atoms with Crippen LogP contribution in [0.15, 0.2) is 47.8 Å². The van der Waals surface area contributed by atoms with Crippen LogP contribution in [0.1, 0.15) is 34.6 Å². The van der Waals surface area contributed by atoms with Crippen molar-refractivity contribution in [3.63, 3.8) is 0 Å². The molecular weight excluding hydrogens is 322 g/mol. The topological polar surface area (TPSA) is 71.8 Å². The summed E-state index contributed by atoms with van der Waals surface area (Å²) in [5.74, 6) is 0.826. The molecule has 0 radical (unpaired) electrons. The van der Waals surface area contributed by atoms with Crippen molar-refractivity contribution in [2.75, 3.05) is 10.6 Å². The maximum Gasteiger partial charge on any atom is 0.268 e. The average molecular weight is 339 g/mol. The van der Waals surface area contributed by atoms with E-state index in [1.165, 1.54) is 16.9 Å². The minimum atomic E-state index is -0.183. The molecular formula is C17H17N5OS. The number of hydrogen-bond acceptors (Lipinski definition) is 5. The molecule has 0 saturated carbocycles. The van der Waals surface area contributed by atoms with Crippen molar-refractivity contribution in [3.05, 3.63) is 58.3 Å². The molecule has 0 spiro atoms. The summed E-state index contributed by atoms with van der Waals surface area (Å²) in [6.07, 6.45) is 0.915. The molecule has 0 aliphatic carbocycles. The van der Waals surface area contributed by atoms with Gasteiger partial charge >= 0.3 is 0 Å². The SMILES string of the molecule is C[C@H]1C[C@H](c2ccccc2)n2nc(NC(=O)c3cccs3)nc2N1. The molecule has 122 valence electrons. The molecule has 0 bridgehead atoms. The van der Waals surface area contributed by atoms with E-state index in [9.17, 15) is 4.79 Å². The lowest BCUT2D eigenvalue weighted by Crippen LogP contribution is -2.31. The minimum Gasteiger partial charge on any atom is -0.352 e. The minimum absolute atomic E-state index is 0.109. The van der Waals surface area contributed by atoms with Gasteiger partial charge in [-0.3, -0.25) is 10.1 Å². The molecule has 3 aromatic rings. The zero-order valence-corrected chi connectivity index (χ0v) is 14.0. The summed E-state index contributed by atoms with van der Waals surface area (Å²) < 4.78 is 1.86. The second-order valence-electron chi connectivity index (χ2n) is 5.84. The lowest BCUT2D eigenvalue weighted by atomic mass is 9.99. The maximum atomic E-state index is 12.2. The van der Waals surface area contributed by atoms with Crippen molar-refractivity contribution in [3.8, 4) is 0 Å². The van der Waals surface area contributed by atoms with Crippen molar-refractivity contribution >= 4 is 29.1 Å². The molecule has 3 heterocycles. The third-order valence-electron chi connectivity index (χ3n) is 4.03. The van der Waals surface area contributed by atoms with Crippen LogP contribution in [0.4, 0.5) is 11.9 Å². The van der Waals surface area contributed by atoms with Crippen LogP contribution >= 0.6 is 11.3 Å². The third-order valence-corrected chi connectivity index (χ3v) is 4.90. The monoisotopic (exact) mass is 339 g/mol. The van der Waals surface area contributed by atoms with Crippen LogP contribution in [0.25, 0.3) is 0 Å². The summed E-state index contributed by atoms with van der Waals surface area (Å²) in [4.78, 5) is 17.3.